The van der Waals surface area contributed by atoms with Crippen LogP contribution < -0.4 is 15.0 Å². The second kappa shape index (κ2) is 12.4. The Bertz CT molecular complexity index is 1260. The Labute approximate surface area is 222 Å². The van der Waals surface area contributed by atoms with Crippen LogP contribution in [0, 0.1) is 0 Å². The molecule has 0 bridgehead atoms. The van der Waals surface area contributed by atoms with E-state index >= 15 is 0 Å². The second-order valence-corrected chi connectivity index (χ2v) is 10.2. The normalized spacial score (nSPS) is 15.9. The molecule has 1 amide bonds. The summed E-state index contributed by atoms with van der Waals surface area (Å²) in [4.78, 5) is 26.2. The van der Waals surface area contributed by atoms with Crippen molar-refractivity contribution in [3.05, 3.63) is 60.4 Å². The monoisotopic (exact) mass is 519 g/mol. The van der Waals surface area contributed by atoms with Crippen molar-refractivity contribution in [1.82, 2.24) is 14.9 Å². The fourth-order valence-electron chi connectivity index (χ4n) is 4.77. The number of thioether (sulfide) groups is 1. The maximum Gasteiger partial charge on any atom is 0.248 e. The number of hydrogen-bond acceptors (Lipinski definition) is 8. The van der Waals surface area contributed by atoms with E-state index in [9.17, 15) is 4.79 Å². The summed E-state index contributed by atoms with van der Waals surface area (Å²) >= 11 is 1.85. The number of rotatable bonds is 10. The Morgan fingerprint density at radius 3 is 2.92 bits per heavy atom. The molecule has 2 aliphatic rings. The molecule has 0 radical (unpaired) electrons. The minimum absolute atomic E-state index is 0.134. The van der Waals surface area contributed by atoms with Crippen LogP contribution in [0.1, 0.15) is 12.0 Å². The molecular formula is C28H33N5O3S. The van der Waals surface area contributed by atoms with Gasteiger partial charge in [-0.15, -0.1) is 0 Å². The van der Waals surface area contributed by atoms with Crippen LogP contribution in [0.3, 0.4) is 0 Å². The van der Waals surface area contributed by atoms with E-state index in [1.165, 1.54) is 5.56 Å². The number of fused-ring (bicyclic) bond motifs is 2. The molecule has 3 heterocycles. The molecule has 2 aliphatic heterocycles. The van der Waals surface area contributed by atoms with Gasteiger partial charge in [0.05, 0.1) is 25.8 Å². The minimum atomic E-state index is -0.134. The van der Waals surface area contributed by atoms with Crippen molar-refractivity contribution in [2.45, 2.75) is 12.8 Å². The van der Waals surface area contributed by atoms with E-state index in [1.54, 1.807) is 19.5 Å². The summed E-state index contributed by atoms with van der Waals surface area (Å²) in [6.07, 6.45) is 7.22. The molecule has 8 nitrogen and oxygen atoms in total. The highest BCUT2D eigenvalue weighted by Gasteiger charge is 2.24. The van der Waals surface area contributed by atoms with E-state index < -0.39 is 0 Å². The molecule has 9 heteroatoms. The number of anilines is 3. The lowest BCUT2D eigenvalue weighted by Crippen LogP contribution is -2.36. The molecule has 3 aromatic rings. The molecule has 1 N–H and O–H groups in total. The molecule has 0 atom stereocenters. The summed E-state index contributed by atoms with van der Waals surface area (Å²) in [7, 11) is 1.68. The topological polar surface area (TPSA) is 79.8 Å². The van der Waals surface area contributed by atoms with E-state index in [0.717, 1.165) is 97.6 Å². The van der Waals surface area contributed by atoms with Crippen LogP contribution in [0.2, 0.25) is 0 Å². The smallest absolute Gasteiger partial charge is 0.248 e. The zero-order valence-electron chi connectivity index (χ0n) is 21.2. The molecule has 2 aromatic carbocycles. The number of morpholine rings is 1. The first kappa shape index (κ1) is 25.5. The van der Waals surface area contributed by atoms with Crippen molar-refractivity contribution in [3.63, 3.8) is 0 Å². The summed E-state index contributed by atoms with van der Waals surface area (Å²) in [6.45, 7) is 5.71. The first-order valence-electron chi connectivity index (χ1n) is 12.8. The number of hydrogen-bond donors (Lipinski definition) is 1. The Morgan fingerprint density at radius 1 is 1.16 bits per heavy atom. The molecular weight excluding hydrogens is 486 g/mol. The Kier molecular flexibility index (Phi) is 8.55. The first-order chi connectivity index (χ1) is 18.2. The standard InChI is InChI=1S/C28H33N5O3S/c1-35-23-6-8-26-21(18-23)9-11-33(26)28-24-19-22(5-7-25(24)29-20-30-28)31-27(34)4-2-16-37-17-3-10-32-12-14-36-15-13-32/h2,4-8,18-20H,3,9-17H2,1H3,(H,31,34)/b4-2+. The Hall–Kier alpha value is -3.14. The van der Waals surface area contributed by atoms with E-state index in [0.29, 0.717) is 0 Å². The van der Waals surface area contributed by atoms with Gasteiger partial charge >= 0.3 is 0 Å². The summed E-state index contributed by atoms with van der Waals surface area (Å²) in [5, 5.41) is 3.89. The Balaban J connectivity index is 1.17. The molecule has 0 saturated carbocycles. The van der Waals surface area contributed by atoms with Crippen LogP contribution in [0.5, 0.6) is 5.75 Å². The SMILES string of the molecule is COc1ccc2c(c1)CCN2c1ncnc2ccc(NC(=O)/C=C/CSCCCN3CCOCC3)cc12. The second-order valence-electron chi connectivity index (χ2n) is 9.10. The number of amides is 1. The van der Waals surface area contributed by atoms with Crippen LogP contribution in [0.15, 0.2) is 54.9 Å². The molecule has 0 unspecified atom stereocenters. The van der Waals surface area contributed by atoms with Gasteiger partial charge in [0.2, 0.25) is 5.91 Å². The van der Waals surface area contributed by atoms with Crippen LogP contribution in [0.4, 0.5) is 17.2 Å². The van der Waals surface area contributed by atoms with Gasteiger partial charge in [-0.05, 0) is 67.1 Å². The molecule has 1 aromatic heterocycles. The van der Waals surface area contributed by atoms with E-state index in [1.807, 2.05) is 42.1 Å². The number of benzene rings is 2. The number of aromatic nitrogens is 2. The van der Waals surface area contributed by atoms with Gasteiger partial charge in [0, 0.05) is 48.2 Å². The third-order valence-corrected chi connectivity index (χ3v) is 7.68. The number of ether oxygens (including phenoxy) is 2. The largest absolute Gasteiger partial charge is 0.497 e. The predicted molar refractivity (Wildman–Crippen MR) is 150 cm³/mol. The van der Waals surface area contributed by atoms with Gasteiger partial charge in [0.15, 0.2) is 0 Å². The summed E-state index contributed by atoms with van der Waals surface area (Å²) in [5.74, 6) is 3.48. The van der Waals surface area contributed by atoms with Crippen molar-refractivity contribution in [2.24, 2.45) is 0 Å². The van der Waals surface area contributed by atoms with Crippen LogP contribution >= 0.6 is 11.8 Å². The van der Waals surface area contributed by atoms with E-state index in [4.69, 9.17) is 9.47 Å². The predicted octanol–water partition coefficient (Wildman–Crippen LogP) is 4.28. The lowest BCUT2D eigenvalue weighted by molar-refractivity contribution is -0.111. The van der Waals surface area contributed by atoms with Crippen LogP contribution in [0.25, 0.3) is 10.9 Å². The fourth-order valence-corrected chi connectivity index (χ4v) is 5.50. The lowest BCUT2D eigenvalue weighted by Gasteiger charge is -2.26. The lowest BCUT2D eigenvalue weighted by atomic mass is 10.1. The van der Waals surface area contributed by atoms with Crippen molar-refractivity contribution in [1.29, 1.82) is 0 Å². The van der Waals surface area contributed by atoms with Gasteiger partial charge < -0.3 is 19.7 Å². The van der Waals surface area contributed by atoms with Crippen LogP contribution in [-0.4, -0.2) is 78.8 Å². The van der Waals surface area contributed by atoms with Crippen molar-refractivity contribution in [2.75, 3.05) is 68.2 Å². The summed E-state index contributed by atoms with van der Waals surface area (Å²) in [5.41, 5.74) is 3.93. The third-order valence-electron chi connectivity index (χ3n) is 6.67. The van der Waals surface area contributed by atoms with Gasteiger partial charge in [-0.2, -0.15) is 11.8 Å². The molecule has 37 heavy (non-hydrogen) atoms. The minimum Gasteiger partial charge on any atom is -0.497 e. The first-order valence-corrected chi connectivity index (χ1v) is 13.9. The highest BCUT2D eigenvalue weighted by Crippen LogP contribution is 2.38. The number of methoxy groups -OCH3 is 1. The van der Waals surface area contributed by atoms with Gasteiger partial charge in [0.25, 0.3) is 0 Å². The van der Waals surface area contributed by atoms with Crippen LogP contribution in [-0.2, 0) is 16.0 Å². The Morgan fingerprint density at radius 2 is 2.05 bits per heavy atom. The van der Waals surface area contributed by atoms with Gasteiger partial charge in [-0.25, -0.2) is 9.97 Å². The van der Waals surface area contributed by atoms with Gasteiger partial charge in [-0.1, -0.05) is 6.08 Å². The molecule has 1 saturated heterocycles. The number of carbonyl (C=O) groups excluding carboxylic acids is 1. The van der Waals surface area contributed by atoms with Gasteiger partial charge in [0.1, 0.15) is 17.9 Å². The highest BCUT2D eigenvalue weighted by molar-refractivity contribution is 7.99. The number of nitrogens with one attached hydrogen (secondary N) is 1. The van der Waals surface area contributed by atoms with Crippen molar-refractivity contribution >= 4 is 45.8 Å². The maximum absolute atomic E-state index is 12.5. The van der Waals surface area contributed by atoms with E-state index in [2.05, 4.69) is 37.2 Å². The van der Waals surface area contributed by atoms with Crippen molar-refractivity contribution in [3.8, 4) is 5.75 Å². The average molecular weight is 520 g/mol. The fraction of sp³-hybridized carbons (Fsp3) is 0.393. The number of carbonyl (C=O) groups is 1. The molecule has 0 spiro atoms. The highest BCUT2D eigenvalue weighted by atomic mass is 32.2. The quantitative estimate of drug-likeness (QED) is 0.314. The number of nitrogens with zero attached hydrogens (tertiary/aromatic N) is 4. The summed E-state index contributed by atoms with van der Waals surface area (Å²) < 4.78 is 10.8. The molecule has 194 valence electrons. The molecule has 1 fully saturated rings. The molecule has 0 aliphatic carbocycles. The molecule has 5 rings (SSSR count). The van der Waals surface area contributed by atoms with Gasteiger partial charge in [-0.3, -0.25) is 9.69 Å². The average Bonchev–Trinajstić information content (AvgIpc) is 3.35. The zero-order valence-corrected chi connectivity index (χ0v) is 22.0. The van der Waals surface area contributed by atoms with Crippen molar-refractivity contribution < 1.29 is 14.3 Å². The third kappa shape index (κ3) is 6.41. The summed E-state index contributed by atoms with van der Waals surface area (Å²) in [6, 6.07) is 11.9. The maximum atomic E-state index is 12.5. The van der Waals surface area contributed by atoms with E-state index in [-0.39, 0.29) is 5.91 Å². The zero-order chi connectivity index (χ0) is 25.5.